The zero-order chi connectivity index (χ0) is 12.3. The van der Waals surface area contributed by atoms with Crippen LogP contribution in [0.4, 0.5) is 0 Å². The summed E-state index contributed by atoms with van der Waals surface area (Å²) in [6, 6.07) is 0. The van der Waals surface area contributed by atoms with E-state index in [0.717, 1.165) is 24.8 Å². The molecule has 0 aromatic rings. The normalized spacial score (nSPS) is 31.2. The van der Waals surface area contributed by atoms with E-state index in [2.05, 4.69) is 26.8 Å². The largest absolute Gasteiger partial charge is 0.294 e. The van der Waals surface area contributed by atoms with Gasteiger partial charge in [-0.2, -0.15) is 0 Å². The summed E-state index contributed by atoms with van der Waals surface area (Å²) in [6.07, 6.45) is 7.50. The Bertz CT molecular complexity index is 335. The Morgan fingerprint density at radius 2 is 2.25 bits per heavy atom. The molecule has 1 nitrogen and oxygen atoms in total. The van der Waals surface area contributed by atoms with Crippen molar-refractivity contribution in [2.24, 2.45) is 11.3 Å². The van der Waals surface area contributed by atoms with E-state index in [-0.39, 0.29) is 11.3 Å². The quantitative estimate of drug-likeness (QED) is 0.512. The predicted octanol–water partition coefficient (Wildman–Crippen LogP) is 4.29. The summed E-state index contributed by atoms with van der Waals surface area (Å²) in [4.78, 5) is 12.4. The zero-order valence-electron chi connectivity index (χ0n) is 11.3. The molecule has 0 N–H and O–H groups in total. The fourth-order valence-electron chi connectivity index (χ4n) is 2.72. The van der Waals surface area contributed by atoms with E-state index in [1.54, 1.807) is 0 Å². The van der Waals surface area contributed by atoms with E-state index in [4.69, 9.17) is 0 Å². The first kappa shape index (κ1) is 13.2. The molecule has 0 saturated carbocycles. The topological polar surface area (TPSA) is 17.1 Å². The van der Waals surface area contributed by atoms with Gasteiger partial charge < -0.3 is 0 Å². The number of ketones is 1. The minimum atomic E-state index is 0.0995. The van der Waals surface area contributed by atoms with Crippen LogP contribution in [-0.2, 0) is 4.79 Å². The summed E-state index contributed by atoms with van der Waals surface area (Å²) in [5.41, 5.74) is 2.32. The summed E-state index contributed by atoms with van der Waals surface area (Å²) in [5.74, 6) is 0.419. The molecule has 1 rings (SSSR count). The number of rotatable bonds is 3. The maximum atomic E-state index is 12.4. The lowest BCUT2D eigenvalue weighted by Gasteiger charge is -2.40. The Hall–Kier alpha value is -0.850. The van der Waals surface area contributed by atoms with Crippen LogP contribution in [-0.4, -0.2) is 5.78 Å². The summed E-state index contributed by atoms with van der Waals surface area (Å²) in [7, 11) is 0. The first-order valence-electron chi connectivity index (χ1n) is 6.30. The van der Waals surface area contributed by atoms with E-state index in [1.807, 2.05) is 19.9 Å². The third-order valence-corrected chi connectivity index (χ3v) is 4.23. The van der Waals surface area contributed by atoms with Gasteiger partial charge in [-0.1, -0.05) is 31.6 Å². The molecule has 0 spiro atoms. The van der Waals surface area contributed by atoms with Crippen LogP contribution in [0.3, 0.4) is 0 Å². The van der Waals surface area contributed by atoms with Gasteiger partial charge in [-0.25, -0.2) is 0 Å². The van der Waals surface area contributed by atoms with Gasteiger partial charge in [-0.3, -0.25) is 4.79 Å². The van der Waals surface area contributed by atoms with Crippen molar-refractivity contribution in [2.45, 2.75) is 53.9 Å². The minimum absolute atomic E-state index is 0.0995. The number of carbonyl (C=O) groups excluding carboxylic acids is 1. The number of hydrogen-bond donors (Lipinski definition) is 0. The first-order chi connectivity index (χ1) is 7.46. The molecule has 0 saturated heterocycles. The van der Waals surface area contributed by atoms with Gasteiger partial charge >= 0.3 is 0 Å². The van der Waals surface area contributed by atoms with E-state index in [0.29, 0.717) is 5.78 Å². The van der Waals surface area contributed by atoms with Gasteiger partial charge in [0, 0.05) is 5.92 Å². The standard InChI is InChI=1S/C15H24O/c1-6-11(3)14(16)13-12(4)9-8-10-15(13,5)7-2/h6,9,13H,7-8,10H2,1-5H3/t13-,15+/m1/s1. The summed E-state index contributed by atoms with van der Waals surface area (Å²) in [5, 5.41) is 0. The monoisotopic (exact) mass is 220 g/mol. The fourth-order valence-corrected chi connectivity index (χ4v) is 2.72. The van der Waals surface area contributed by atoms with Crippen molar-refractivity contribution in [2.75, 3.05) is 0 Å². The Balaban J connectivity index is 3.10. The third kappa shape index (κ3) is 2.28. The van der Waals surface area contributed by atoms with Gasteiger partial charge in [0.2, 0.25) is 0 Å². The average molecular weight is 220 g/mol. The van der Waals surface area contributed by atoms with E-state index >= 15 is 0 Å². The molecular formula is C15H24O. The molecule has 0 bridgehead atoms. The number of carbonyl (C=O) groups is 1. The second-order valence-electron chi connectivity index (χ2n) is 5.26. The second-order valence-corrected chi connectivity index (χ2v) is 5.26. The molecular weight excluding hydrogens is 196 g/mol. The molecule has 0 radical (unpaired) electrons. The van der Waals surface area contributed by atoms with E-state index in [9.17, 15) is 4.79 Å². The second kappa shape index (κ2) is 4.99. The Kier molecular flexibility index (Phi) is 4.12. The molecule has 90 valence electrons. The number of hydrogen-bond acceptors (Lipinski definition) is 1. The van der Waals surface area contributed by atoms with Gasteiger partial charge in [0.1, 0.15) is 0 Å². The van der Waals surface area contributed by atoms with Gasteiger partial charge in [-0.05, 0) is 51.0 Å². The van der Waals surface area contributed by atoms with Crippen LogP contribution in [0.5, 0.6) is 0 Å². The highest BCUT2D eigenvalue weighted by Crippen LogP contribution is 2.45. The number of allylic oxidation sites excluding steroid dienone is 4. The van der Waals surface area contributed by atoms with Gasteiger partial charge in [0.05, 0.1) is 0 Å². The first-order valence-corrected chi connectivity index (χ1v) is 6.30. The van der Waals surface area contributed by atoms with Gasteiger partial charge in [-0.15, -0.1) is 0 Å². The molecule has 2 atom stereocenters. The van der Waals surface area contributed by atoms with Crippen molar-refractivity contribution in [3.05, 3.63) is 23.3 Å². The summed E-state index contributed by atoms with van der Waals surface area (Å²) >= 11 is 0. The average Bonchev–Trinajstić information content (AvgIpc) is 2.27. The molecule has 1 heteroatoms. The highest BCUT2D eigenvalue weighted by atomic mass is 16.1. The Morgan fingerprint density at radius 3 is 2.75 bits per heavy atom. The van der Waals surface area contributed by atoms with Crippen molar-refractivity contribution >= 4 is 5.78 Å². The van der Waals surface area contributed by atoms with Crippen LogP contribution in [0.2, 0.25) is 0 Å². The van der Waals surface area contributed by atoms with E-state index in [1.165, 1.54) is 5.57 Å². The highest BCUT2D eigenvalue weighted by Gasteiger charge is 2.40. The molecule has 0 unspecified atom stereocenters. The predicted molar refractivity (Wildman–Crippen MR) is 69.3 cm³/mol. The molecule has 0 amide bonds. The molecule has 16 heavy (non-hydrogen) atoms. The zero-order valence-corrected chi connectivity index (χ0v) is 11.3. The van der Waals surface area contributed by atoms with Crippen molar-refractivity contribution < 1.29 is 4.79 Å². The lowest BCUT2D eigenvalue weighted by atomic mass is 9.63. The Labute approximate surface area is 99.6 Å². The van der Waals surface area contributed by atoms with Gasteiger partial charge in [0.15, 0.2) is 5.78 Å². The highest BCUT2D eigenvalue weighted by molar-refractivity contribution is 5.98. The van der Waals surface area contributed by atoms with Crippen LogP contribution in [0.25, 0.3) is 0 Å². The molecule has 0 fully saturated rings. The van der Waals surface area contributed by atoms with E-state index < -0.39 is 0 Å². The lowest BCUT2D eigenvalue weighted by Crippen LogP contribution is -2.36. The minimum Gasteiger partial charge on any atom is -0.294 e. The lowest BCUT2D eigenvalue weighted by molar-refractivity contribution is -0.121. The Morgan fingerprint density at radius 1 is 1.62 bits per heavy atom. The molecule has 0 aliphatic heterocycles. The van der Waals surface area contributed by atoms with Crippen molar-refractivity contribution in [3.8, 4) is 0 Å². The van der Waals surface area contributed by atoms with Crippen LogP contribution in [0.1, 0.15) is 53.9 Å². The van der Waals surface area contributed by atoms with Crippen LogP contribution >= 0.6 is 0 Å². The number of Topliss-reactive ketones (excluding diaryl/α,β-unsaturated/α-hetero) is 1. The summed E-state index contributed by atoms with van der Waals surface area (Å²) < 4.78 is 0. The molecule has 1 aliphatic rings. The maximum absolute atomic E-state index is 12.4. The molecule has 0 aromatic heterocycles. The third-order valence-electron chi connectivity index (χ3n) is 4.23. The van der Waals surface area contributed by atoms with Crippen LogP contribution in [0, 0.1) is 11.3 Å². The van der Waals surface area contributed by atoms with Crippen LogP contribution in [0.15, 0.2) is 23.3 Å². The summed E-state index contributed by atoms with van der Waals surface area (Å²) in [6.45, 7) is 10.4. The smallest absolute Gasteiger partial charge is 0.165 e. The van der Waals surface area contributed by atoms with Gasteiger partial charge in [0.25, 0.3) is 0 Å². The molecule has 0 aromatic carbocycles. The SMILES string of the molecule is CC=C(C)C(=O)[C@H]1C(C)=CCC[C@]1(C)CC. The molecule has 0 heterocycles. The van der Waals surface area contributed by atoms with Crippen LogP contribution < -0.4 is 0 Å². The fraction of sp³-hybridized carbons (Fsp3) is 0.667. The van der Waals surface area contributed by atoms with Crippen molar-refractivity contribution in [1.29, 1.82) is 0 Å². The van der Waals surface area contributed by atoms with Crippen molar-refractivity contribution in [3.63, 3.8) is 0 Å². The van der Waals surface area contributed by atoms with Crippen molar-refractivity contribution in [1.82, 2.24) is 0 Å². The maximum Gasteiger partial charge on any atom is 0.165 e. The molecule has 1 aliphatic carbocycles.